The van der Waals surface area contributed by atoms with Gasteiger partial charge in [-0.15, -0.1) is 0 Å². The Bertz CT molecular complexity index is 257. The van der Waals surface area contributed by atoms with Crippen molar-refractivity contribution in [3.05, 3.63) is 0 Å². The van der Waals surface area contributed by atoms with Crippen molar-refractivity contribution < 1.29 is 4.79 Å². The van der Waals surface area contributed by atoms with Gasteiger partial charge in [0, 0.05) is 24.8 Å². The van der Waals surface area contributed by atoms with Gasteiger partial charge in [0.1, 0.15) is 0 Å². The number of nitrogens with zero attached hydrogens (tertiary/aromatic N) is 1. The summed E-state index contributed by atoms with van der Waals surface area (Å²) in [6.07, 6.45) is 8.89. The fraction of sp³-hybridized carbons (Fsp3) is 0.929. The largest absolute Gasteiger partial charge is 0.346 e. The zero-order valence-electron chi connectivity index (χ0n) is 10.8. The number of hydrogen-bond acceptors (Lipinski definition) is 1. The molecule has 0 saturated heterocycles. The average molecular weight is 302 g/mol. The minimum absolute atomic E-state index is 0.402. The standard InChI is InChI=1S/C14H24BrNO/c1-16(10-6-2-5-9-15)14(17)13-11-7-3-4-8-12(11)13/h11-13H,2-10H2,1H3. The molecular formula is C14H24BrNO. The van der Waals surface area contributed by atoms with E-state index in [1.165, 1.54) is 38.5 Å². The van der Waals surface area contributed by atoms with E-state index in [1.807, 2.05) is 11.9 Å². The number of halogens is 1. The van der Waals surface area contributed by atoms with Gasteiger partial charge in [0.25, 0.3) is 0 Å². The molecule has 17 heavy (non-hydrogen) atoms. The summed E-state index contributed by atoms with van der Waals surface area (Å²) in [6, 6.07) is 0. The van der Waals surface area contributed by atoms with E-state index >= 15 is 0 Å². The van der Waals surface area contributed by atoms with Crippen LogP contribution < -0.4 is 0 Å². The highest BCUT2D eigenvalue weighted by Crippen LogP contribution is 2.55. The Kier molecular flexibility index (Phi) is 4.89. The van der Waals surface area contributed by atoms with Crippen molar-refractivity contribution in [2.24, 2.45) is 17.8 Å². The Morgan fingerprint density at radius 2 is 1.82 bits per heavy atom. The number of hydrogen-bond donors (Lipinski definition) is 0. The van der Waals surface area contributed by atoms with Crippen molar-refractivity contribution in [3.63, 3.8) is 0 Å². The number of rotatable bonds is 6. The molecule has 2 atom stereocenters. The third-order valence-corrected chi connectivity index (χ3v) is 5.01. The molecule has 2 fully saturated rings. The van der Waals surface area contributed by atoms with Crippen LogP contribution in [0, 0.1) is 17.8 Å². The van der Waals surface area contributed by atoms with Crippen LogP contribution in [-0.2, 0) is 4.79 Å². The molecule has 98 valence electrons. The first-order chi connectivity index (χ1) is 8.25. The normalized spacial score (nSPS) is 30.8. The monoisotopic (exact) mass is 301 g/mol. The van der Waals surface area contributed by atoms with Gasteiger partial charge < -0.3 is 4.90 Å². The van der Waals surface area contributed by atoms with Crippen LogP contribution in [0.15, 0.2) is 0 Å². The molecule has 0 heterocycles. The number of unbranched alkanes of at least 4 members (excludes halogenated alkanes) is 2. The van der Waals surface area contributed by atoms with Crippen LogP contribution in [0.3, 0.4) is 0 Å². The number of fused-ring (bicyclic) bond motifs is 1. The minimum atomic E-state index is 0.402. The first-order valence-corrected chi connectivity index (χ1v) is 8.19. The second-order valence-corrected chi connectivity index (χ2v) is 6.44. The Morgan fingerprint density at radius 1 is 1.18 bits per heavy atom. The fourth-order valence-electron chi connectivity index (χ4n) is 3.34. The second kappa shape index (κ2) is 6.21. The van der Waals surface area contributed by atoms with E-state index in [-0.39, 0.29) is 0 Å². The van der Waals surface area contributed by atoms with Gasteiger partial charge in [0.05, 0.1) is 0 Å². The van der Waals surface area contributed by atoms with Crippen LogP contribution >= 0.6 is 15.9 Å². The molecule has 2 unspecified atom stereocenters. The molecule has 0 aromatic rings. The predicted octanol–water partition coefficient (Wildman–Crippen LogP) is 3.45. The van der Waals surface area contributed by atoms with Crippen molar-refractivity contribution >= 4 is 21.8 Å². The van der Waals surface area contributed by atoms with Crippen LogP contribution in [0.5, 0.6) is 0 Å². The summed E-state index contributed by atoms with van der Waals surface area (Å²) in [5, 5.41) is 1.08. The first-order valence-electron chi connectivity index (χ1n) is 7.06. The summed E-state index contributed by atoms with van der Waals surface area (Å²) in [4.78, 5) is 14.2. The highest BCUT2D eigenvalue weighted by Gasteiger charge is 2.55. The quantitative estimate of drug-likeness (QED) is 0.543. The lowest BCUT2D eigenvalue weighted by Gasteiger charge is -2.17. The van der Waals surface area contributed by atoms with E-state index in [9.17, 15) is 4.79 Å². The van der Waals surface area contributed by atoms with Gasteiger partial charge in [-0.2, -0.15) is 0 Å². The third kappa shape index (κ3) is 3.24. The van der Waals surface area contributed by atoms with E-state index in [2.05, 4.69) is 15.9 Å². The Hall–Kier alpha value is -0.0500. The highest BCUT2D eigenvalue weighted by molar-refractivity contribution is 9.09. The molecule has 0 N–H and O–H groups in total. The summed E-state index contributed by atoms with van der Waals surface area (Å²) in [5.74, 6) is 2.34. The zero-order valence-corrected chi connectivity index (χ0v) is 12.4. The van der Waals surface area contributed by atoms with E-state index in [0.29, 0.717) is 11.8 Å². The topological polar surface area (TPSA) is 20.3 Å². The SMILES string of the molecule is CN(CCCCCBr)C(=O)C1C2CCCCC21. The Morgan fingerprint density at radius 3 is 2.41 bits per heavy atom. The Labute approximate surface area is 113 Å². The number of carbonyl (C=O) groups excluding carboxylic acids is 1. The van der Waals surface area contributed by atoms with Crippen molar-refractivity contribution in [1.29, 1.82) is 0 Å². The van der Waals surface area contributed by atoms with Gasteiger partial charge in [-0.25, -0.2) is 0 Å². The van der Waals surface area contributed by atoms with Crippen LogP contribution in [-0.4, -0.2) is 29.7 Å². The molecule has 2 rings (SSSR count). The molecule has 2 aliphatic rings. The zero-order chi connectivity index (χ0) is 12.3. The molecular weight excluding hydrogens is 278 g/mol. The molecule has 0 radical (unpaired) electrons. The molecule has 0 spiro atoms. The predicted molar refractivity (Wildman–Crippen MR) is 74.2 cm³/mol. The molecule has 1 amide bonds. The van der Waals surface area contributed by atoms with Gasteiger partial charge in [-0.1, -0.05) is 35.2 Å². The summed E-state index contributed by atoms with van der Waals surface area (Å²) in [6.45, 7) is 0.946. The molecule has 2 aliphatic carbocycles. The van der Waals surface area contributed by atoms with Gasteiger partial charge in [-0.3, -0.25) is 4.79 Å². The van der Waals surface area contributed by atoms with Gasteiger partial charge in [-0.05, 0) is 37.5 Å². The maximum absolute atomic E-state index is 12.3. The molecule has 2 saturated carbocycles. The van der Waals surface area contributed by atoms with E-state index in [0.717, 1.165) is 30.1 Å². The van der Waals surface area contributed by atoms with Gasteiger partial charge >= 0.3 is 0 Å². The second-order valence-electron chi connectivity index (χ2n) is 5.65. The van der Waals surface area contributed by atoms with Crippen LogP contribution in [0.1, 0.15) is 44.9 Å². The Balaban J connectivity index is 1.69. The summed E-state index contributed by atoms with van der Waals surface area (Å²) >= 11 is 3.44. The lowest BCUT2D eigenvalue weighted by atomic mass is 10.0. The van der Waals surface area contributed by atoms with Gasteiger partial charge in [0.2, 0.25) is 5.91 Å². The molecule has 0 aromatic heterocycles. The molecule has 0 bridgehead atoms. The smallest absolute Gasteiger partial charge is 0.226 e. The maximum Gasteiger partial charge on any atom is 0.226 e. The van der Waals surface area contributed by atoms with Crippen LogP contribution in [0.4, 0.5) is 0 Å². The van der Waals surface area contributed by atoms with E-state index < -0.39 is 0 Å². The van der Waals surface area contributed by atoms with Gasteiger partial charge in [0.15, 0.2) is 0 Å². The molecule has 3 heteroatoms. The van der Waals surface area contributed by atoms with E-state index in [4.69, 9.17) is 0 Å². The van der Waals surface area contributed by atoms with Crippen molar-refractivity contribution in [3.8, 4) is 0 Å². The van der Waals surface area contributed by atoms with Crippen molar-refractivity contribution in [2.75, 3.05) is 18.9 Å². The third-order valence-electron chi connectivity index (χ3n) is 4.45. The number of alkyl halides is 1. The maximum atomic E-state index is 12.3. The fourth-order valence-corrected chi connectivity index (χ4v) is 3.74. The lowest BCUT2D eigenvalue weighted by Crippen LogP contribution is -2.30. The molecule has 0 aromatic carbocycles. The number of carbonyl (C=O) groups is 1. The highest BCUT2D eigenvalue weighted by atomic mass is 79.9. The minimum Gasteiger partial charge on any atom is -0.346 e. The molecule has 2 nitrogen and oxygen atoms in total. The first kappa shape index (κ1) is 13.4. The van der Waals surface area contributed by atoms with E-state index in [1.54, 1.807) is 0 Å². The summed E-state index contributed by atoms with van der Waals surface area (Å²) in [7, 11) is 1.99. The average Bonchev–Trinajstić information content (AvgIpc) is 3.07. The lowest BCUT2D eigenvalue weighted by molar-refractivity contribution is -0.131. The molecule has 0 aliphatic heterocycles. The summed E-state index contributed by atoms with van der Waals surface area (Å²) < 4.78 is 0. The van der Waals surface area contributed by atoms with Crippen molar-refractivity contribution in [2.45, 2.75) is 44.9 Å². The van der Waals surface area contributed by atoms with Crippen LogP contribution in [0.25, 0.3) is 0 Å². The summed E-state index contributed by atoms with van der Waals surface area (Å²) in [5.41, 5.74) is 0. The number of amides is 1. The van der Waals surface area contributed by atoms with Crippen molar-refractivity contribution in [1.82, 2.24) is 4.90 Å². The van der Waals surface area contributed by atoms with Crippen LogP contribution in [0.2, 0.25) is 0 Å².